The van der Waals surface area contributed by atoms with E-state index in [9.17, 15) is 4.79 Å². The van der Waals surface area contributed by atoms with Crippen LogP contribution in [0.4, 0.5) is 0 Å². The van der Waals surface area contributed by atoms with Crippen LogP contribution in [0.5, 0.6) is 17.2 Å². The molecular formula is C29H31N3O4. The minimum absolute atomic E-state index is 0.00863. The number of hydrogen-bond acceptors (Lipinski definition) is 6. The van der Waals surface area contributed by atoms with Gasteiger partial charge in [-0.25, -0.2) is 5.01 Å². The van der Waals surface area contributed by atoms with Crippen LogP contribution in [-0.4, -0.2) is 55.9 Å². The summed E-state index contributed by atoms with van der Waals surface area (Å²) in [6.45, 7) is 1.77. The fraction of sp³-hybridized carbons (Fsp3) is 0.310. The Labute approximate surface area is 211 Å². The molecule has 0 fully saturated rings. The molecule has 5 rings (SSSR count). The number of carbonyl (C=O) groups excluding carboxylic acids is 1. The number of amides is 1. The van der Waals surface area contributed by atoms with E-state index < -0.39 is 0 Å². The third-order valence-electron chi connectivity index (χ3n) is 6.93. The third-order valence-corrected chi connectivity index (χ3v) is 6.93. The highest BCUT2D eigenvalue weighted by molar-refractivity contribution is 6.03. The number of fused-ring (bicyclic) bond motifs is 1. The lowest BCUT2D eigenvalue weighted by molar-refractivity contribution is -0.134. The average molecular weight is 486 g/mol. The zero-order chi connectivity index (χ0) is 25.1. The third kappa shape index (κ3) is 4.79. The predicted octanol–water partition coefficient (Wildman–Crippen LogP) is 4.45. The zero-order valence-electron chi connectivity index (χ0n) is 20.9. The molecule has 2 aliphatic heterocycles. The summed E-state index contributed by atoms with van der Waals surface area (Å²) in [5.74, 6) is 2.23. The molecule has 7 heteroatoms. The van der Waals surface area contributed by atoms with Crippen LogP contribution in [0.2, 0.25) is 0 Å². The Bertz CT molecular complexity index is 1260. The summed E-state index contributed by atoms with van der Waals surface area (Å²) in [5.41, 5.74) is 5.40. The summed E-state index contributed by atoms with van der Waals surface area (Å²) in [7, 11) is 4.94. The van der Waals surface area contributed by atoms with E-state index >= 15 is 0 Å². The van der Waals surface area contributed by atoms with Crippen LogP contribution in [0, 0.1) is 0 Å². The van der Waals surface area contributed by atoms with Gasteiger partial charge in [0.05, 0.1) is 39.6 Å². The first-order chi connectivity index (χ1) is 17.6. The van der Waals surface area contributed by atoms with E-state index in [1.54, 1.807) is 26.3 Å². The maximum Gasteiger partial charge on any atom is 0.257 e. The highest BCUT2D eigenvalue weighted by Gasteiger charge is 2.34. The molecule has 0 aromatic heterocycles. The lowest BCUT2D eigenvalue weighted by Gasteiger charge is -2.31. The molecule has 0 N–H and O–H groups in total. The summed E-state index contributed by atoms with van der Waals surface area (Å²) >= 11 is 0. The molecule has 2 heterocycles. The van der Waals surface area contributed by atoms with Gasteiger partial charge in [0.1, 0.15) is 5.75 Å². The van der Waals surface area contributed by atoms with Crippen LogP contribution in [0.15, 0.2) is 71.8 Å². The van der Waals surface area contributed by atoms with E-state index in [0.717, 1.165) is 46.9 Å². The molecule has 7 nitrogen and oxygen atoms in total. The first-order valence-electron chi connectivity index (χ1n) is 12.1. The zero-order valence-corrected chi connectivity index (χ0v) is 20.9. The van der Waals surface area contributed by atoms with E-state index in [1.165, 1.54) is 5.56 Å². The molecule has 0 saturated carbocycles. The van der Waals surface area contributed by atoms with E-state index in [-0.39, 0.29) is 11.9 Å². The Morgan fingerprint density at radius 1 is 0.917 bits per heavy atom. The fourth-order valence-electron chi connectivity index (χ4n) is 4.97. The minimum Gasteiger partial charge on any atom is -0.497 e. The lowest BCUT2D eigenvalue weighted by atomic mass is 9.98. The van der Waals surface area contributed by atoms with Gasteiger partial charge in [0.2, 0.25) is 0 Å². The normalized spacial score (nSPS) is 17.4. The van der Waals surface area contributed by atoms with Crippen molar-refractivity contribution >= 4 is 11.6 Å². The van der Waals surface area contributed by atoms with E-state index in [4.69, 9.17) is 19.3 Å². The Morgan fingerprint density at radius 2 is 1.61 bits per heavy atom. The number of methoxy groups -OCH3 is 3. The number of hydrogen-bond donors (Lipinski definition) is 0. The molecule has 2 aliphatic rings. The van der Waals surface area contributed by atoms with Gasteiger partial charge in [-0.15, -0.1) is 0 Å². The second-order valence-corrected chi connectivity index (χ2v) is 9.08. The van der Waals surface area contributed by atoms with Crippen molar-refractivity contribution in [3.63, 3.8) is 0 Å². The van der Waals surface area contributed by atoms with Crippen LogP contribution >= 0.6 is 0 Å². The first kappa shape index (κ1) is 23.9. The van der Waals surface area contributed by atoms with Crippen molar-refractivity contribution in [3.05, 3.63) is 89.0 Å². The topological polar surface area (TPSA) is 63.6 Å². The van der Waals surface area contributed by atoms with Gasteiger partial charge in [-0.2, -0.15) is 5.10 Å². The van der Waals surface area contributed by atoms with Crippen molar-refractivity contribution in [2.45, 2.75) is 25.4 Å². The van der Waals surface area contributed by atoms with E-state index in [2.05, 4.69) is 4.90 Å². The van der Waals surface area contributed by atoms with E-state index in [1.807, 2.05) is 66.7 Å². The summed E-state index contributed by atoms with van der Waals surface area (Å²) < 4.78 is 16.3. The second kappa shape index (κ2) is 10.4. The molecule has 0 bridgehead atoms. The number of rotatable bonds is 7. The fourth-order valence-corrected chi connectivity index (χ4v) is 4.97. The van der Waals surface area contributed by atoms with Crippen molar-refractivity contribution in [3.8, 4) is 17.2 Å². The van der Waals surface area contributed by atoms with Gasteiger partial charge in [0, 0.05) is 19.5 Å². The Kier molecular flexibility index (Phi) is 6.91. The predicted molar refractivity (Wildman–Crippen MR) is 139 cm³/mol. The summed E-state index contributed by atoms with van der Waals surface area (Å²) in [6.07, 6.45) is 1.52. The standard InChI is InChI=1S/C29H31N3O4/c1-34-24-11-9-21(10-12-24)26-17-25(20-7-5-4-6-8-20)30-32(26)29(33)19-31-14-13-22-15-27(35-2)28(36-3)16-23(22)18-31/h4-12,15-16,26H,13-14,17-19H2,1-3H3/t26-/m0/s1. The van der Waals surface area contributed by atoms with Crippen LogP contribution < -0.4 is 14.2 Å². The largest absolute Gasteiger partial charge is 0.497 e. The minimum atomic E-state index is -0.153. The van der Waals surface area contributed by atoms with Crippen LogP contribution in [0.3, 0.4) is 0 Å². The molecule has 3 aromatic rings. The highest BCUT2D eigenvalue weighted by Crippen LogP contribution is 2.35. The van der Waals surface area contributed by atoms with Crippen LogP contribution in [0.25, 0.3) is 0 Å². The number of ether oxygens (including phenoxy) is 3. The SMILES string of the molecule is COc1ccc([C@@H]2CC(c3ccccc3)=NN2C(=O)CN2CCc3cc(OC)c(OC)cc3C2)cc1. The smallest absolute Gasteiger partial charge is 0.257 e. The van der Waals surface area contributed by atoms with Gasteiger partial charge in [0.15, 0.2) is 11.5 Å². The molecule has 1 atom stereocenters. The second-order valence-electron chi connectivity index (χ2n) is 9.08. The van der Waals surface area contributed by atoms with Gasteiger partial charge < -0.3 is 14.2 Å². The van der Waals surface area contributed by atoms with Gasteiger partial charge in [-0.05, 0) is 52.9 Å². The van der Waals surface area contributed by atoms with E-state index in [0.29, 0.717) is 25.3 Å². The molecule has 36 heavy (non-hydrogen) atoms. The molecule has 1 amide bonds. The lowest BCUT2D eigenvalue weighted by Crippen LogP contribution is -2.40. The van der Waals surface area contributed by atoms with Gasteiger partial charge in [0.25, 0.3) is 5.91 Å². The van der Waals surface area contributed by atoms with Crippen molar-refractivity contribution in [1.82, 2.24) is 9.91 Å². The molecule has 186 valence electrons. The molecular weight excluding hydrogens is 454 g/mol. The number of carbonyl (C=O) groups is 1. The summed E-state index contributed by atoms with van der Waals surface area (Å²) in [5, 5.41) is 6.50. The quantitative estimate of drug-likeness (QED) is 0.495. The highest BCUT2D eigenvalue weighted by atomic mass is 16.5. The monoisotopic (exact) mass is 485 g/mol. The summed E-state index contributed by atoms with van der Waals surface area (Å²) in [4.78, 5) is 15.8. The molecule has 3 aromatic carbocycles. The maximum absolute atomic E-state index is 13.6. The maximum atomic E-state index is 13.6. The number of benzene rings is 3. The van der Waals surface area contributed by atoms with Crippen LogP contribution in [0.1, 0.15) is 34.7 Å². The molecule has 0 spiro atoms. The van der Waals surface area contributed by atoms with Crippen LogP contribution in [-0.2, 0) is 17.8 Å². The summed E-state index contributed by atoms with van der Waals surface area (Å²) in [6, 6.07) is 21.9. The first-order valence-corrected chi connectivity index (χ1v) is 12.1. The average Bonchev–Trinajstić information content (AvgIpc) is 3.38. The van der Waals surface area contributed by atoms with Crippen molar-refractivity contribution in [2.24, 2.45) is 5.10 Å². The molecule has 0 unspecified atom stereocenters. The Morgan fingerprint density at radius 3 is 2.28 bits per heavy atom. The number of nitrogens with zero attached hydrogens (tertiary/aromatic N) is 3. The molecule has 0 saturated heterocycles. The number of hydrazone groups is 1. The van der Waals surface area contributed by atoms with Gasteiger partial charge in [-0.1, -0.05) is 42.5 Å². The van der Waals surface area contributed by atoms with Crippen molar-refractivity contribution in [1.29, 1.82) is 0 Å². The van der Waals surface area contributed by atoms with Crippen molar-refractivity contribution < 1.29 is 19.0 Å². The molecule has 0 radical (unpaired) electrons. The Hall–Kier alpha value is -3.84. The van der Waals surface area contributed by atoms with Crippen molar-refractivity contribution in [2.75, 3.05) is 34.4 Å². The molecule has 0 aliphatic carbocycles. The van der Waals surface area contributed by atoms with Gasteiger partial charge >= 0.3 is 0 Å². The van der Waals surface area contributed by atoms with Gasteiger partial charge in [-0.3, -0.25) is 9.69 Å². The Balaban J connectivity index is 1.37.